The molecule has 0 saturated heterocycles. The molecule has 0 atom stereocenters. The van der Waals surface area contributed by atoms with E-state index < -0.39 is 0 Å². The average Bonchev–Trinajstić information content (AvgIpc) is 2.67. The van der Waals surface area contributed by atoms with Gasteiger partial charge in [-0.25, -0.2) is 0 Å². The predicted octanol–water partition coefficient (Wildman–Crippen LogP) is 6.75. The van der Waals surface area contributed by atoms with Crippen LogP contribution in [0.25, 0.3) is 10.8 Å². The smallest absolute Gasteiger partial charge is 0.168 e. The number of halogens is 1. The molecule has 0 heterocycles. The van der Waals surface area contributed by atoms with Gasteiger partial charge in [-0.3, -0.25) is 0 Å². The van der Waals surface area contributed by atoms with Gasteiger partial charge in [-0.15, -0.1) is 0 Å². The SMILES string of the molecule is CCCCCCOc1ccc2c(OC)c(OCCCCCBr)ccc2c1. The minimum Gasteiger partial charge on any atom is -0.494 e. The van der Waals surface area contributed by atoms with Gasteiger partial charge in [0.25, 0.3) is 0 Å². The van der Waals surface area contributed by atoms with Crippen molar-refractivity contribution >= 4 is 26.7 Å². The van der Waals surface area contributed by atoms with E-state index in [2.05, 4.69) is 41.1 Å². The van der Waals surface area contributed by atoms with E-state index in [1.807, 2.05) is 12.1 Å². The largest absolute Gasteiger partial charge is 0.494 e. The van der Waals surface area contributed by atoms with E-state index >= 15 is 0 Å². The molecule has 2 aromatic rings. The first kappa shape index (κ1) is 20.9. The van der Waals surface area contributed by atoms with E-state index in [0.717, 1.165) is 52.8 Å². The first-order chi connectivity index (χ1) is 12.8. The van der Waals surface area contributed by atoms with E-state index in [1.54, 1.807) is 7.11 Å². The molecule has 0 N–H and O–H groups in total. The maximum Gasteiger partial charge on any atom is 0.168 e. The summed E-state index contributed by atoms with van der Waals surface area (Å²) in [5.41, 5.74) is 0. The molecule has 26 heavy (non-hydrogen) atoms. The molecule has 3 nitrogen and oxygen atoms in total. The molecule has 0 radical (unpaired) electrons. The zero-order valence-electron chi connectivity index (χ0n) is 16.1. The molecular formula is C22H31BrO3. The van der Waals surface area contributed by atoms with Crippen LogP contribution in [0.2, 0.25) is 0 Å². The van der Waals surface area contributed by atoms with Crippen LogP contribution in [0.1, 0.15) is 51.9 Å². The van der Waals surface area contributed by atoms with Crippen molar-refractivity contribution in [3.8, 4) is 17.2 Å². The average molecular weight is 423 g/mol. The lowest BCUT2D eigenvalue weighted by Crippen LogP contribution is -2.00. The first-order valence-corrected chi connectivity index (χ1v) is 10.8. The standard InChI is InChI=1S/C22H31BrO3/c1-3-4-5-8-15-25-19-11-12-20-18(17-19)10-13-21(22(20)24-2)26-16-9-6-7-14-23/h10-13,17H,3-9,14-16H2,1-2H3. The van der Waals surface area contributed by atoms with Crippen molar-refractivity contribution < 1.29 is 14.2 Å². The number of hydrogen-bond acceptors (Lipinski definition) is 3. The van der Waals surface area contributed by atoms with Gasteiger partial charge in [0, 0.05) is 10.7 Å². The fourth-order valence-electron chi connectivity index (χ4n) is 2.95. The van der Waals surface area contributed by atoms with Crippen molar-refractivity contribution in [3.63, 3.8) is 0 Å². The number of methoxy groups -OCH3 is 1. The lowest BCUT2D eigenvalue weighted by atomic mass is 10.1. The number of hydrogen-bond donors (Lipinski definition) is 0. The predicted molar refractivity (Wildman–Crippen MR) is 113 cm³/mol. The number of ether oxygens (including phenoxy) is 3. The summed E-state index contributed by atoms with van der Waals surface area (Å²) < 4.78 is 17.5. The molecular weight excluding hydrogens is 392 g/mol. The van der Waals surface area contributed by atoms with Crippen LogP contribution >= 0.6 is 15.9 Å². The van der Waals surface area contributed by atoms with Crippen molar-refractivity contribution in [2.75, 3.05) is 25.7 Å². The van der Waals surface area contributed by atoms with Gasteiger partial charge in [0.15, 0.2) is 11.5 Å². The van der Waals surface area contributed by atoms with Crippen molar-refractivity contribution in [1.29, 1.82) is 0 Å². The molecule has 0 unspecified atom stereocenters. The zero-order chi connectivity index (χ0) is 18.6. The Morgan fingerprint density at radius 3 is 2.35 bits per heavy atom. The molecule has 2 aromatic carbocycles. The third kappa shape index (κ3) is 6.39. The van der Waals surface area contributed by atoms with Gasteiger partial charge in [0.05, 0.1) is 20.3 Å². The van der Waals surface area contributed by atoms with Crippen LogP contribution in [0.4, 0.5) is 0 Å². The van der Waals surface area contributed by atoms with Gasteiger partial charge >= 0.3 is 0 Å². The van der Waals surface area contributed by atoms with Crippen LogP contribution in [-0.4, -0.2) is 25.7 Å². The molecule has 0 fully saturated rings. The lowest BCUT2D eigenvalue weighted by Gasteiger charge is -2.14. The summed E-state index contributed by atoms with van der Waals surface area (Å²) in [5.74, 6) is 2.53. The van der Waals surface area contributed by atoms with Crippen molar-refractivity contribution in [3.05, 3.63) is 30.3 Å². The maximum absolute atomic E-state index is 5.94. The summed E-state index contributed by atoms with van der Waals surface area (Å²) in [6.45, 7) is 3.71. The van der Waals surface area contributed by atoms with Gasteiger partial charge in [-0.1, -0.05) is 48.2 Å². The molecule has 0 amide bonds. The van der Waals surface area contributed by atoms with Gasteiger partial charge in [-0.2, -0.15) is 0 Å². The summed E-state index contributed by atoms with van der Waals surface area (Å²) in [6.07, 6.45) is 8.26. The summed E-state index contributed by atoms with van der Waals surface area (Å²) in [7, 11) is 1.70. The highest BCUT2D eigenvalue weighted by Crippen LogP contribution is 2.37. The molecule has 144 valence electrons. The monoisotopic (exact) mass is 422 g/mol. The van der Waals surface area contributed by atoms with Crippen LogP contribution < -0.4 is 14.2 Å². The summed E-state index contributed by atoms with van der Waals surface area (Å²) >= 11 is 3.46. The van der Waals surface area contributed by atoms with E-state index in [0.29, 0.717) is 6.61 Å². The molecule has 0 aliphatic heterocycles. The minimum atomic E-state index is 0.716. The van der Waals surface area contributed by atoms with Crippen LogP contribution in [0.15, 0.2) is 30.3 Å². The van der Waals surface area contributed by atoms with Gasteiger partial charge in [0.2, 0.25) is 0 Å². The summed E-state index contributed by atoms with van der Waals surface area (Å²) in [6, 6.07) is 10.2. The molecule has 0 aliphatic rings. The zero-order valence-corrected chi connectivity index (χ0v) is 17.6. The second-order valence-electron chi connectivity index (χ2n) is 6.49. The third-order valence-electron chi connectivity index (χ3n) is 4.41. The Morgan fingerprint density at radius 1 is 0.846 bits per heavy atom. The van der Waals surface area contributed by atoms with Crippen LogP contribution in [0.5, 0.6) is 17.2 Å². The van der Waals surface area contributed by atoms with Crippen molar-refractivity contribution in [2.45, 2.75) is 51.9 Å². The van der Waals surface area contributed by atoms with Gasteiger partial charge < -0.3 is 14.2 Å². The van der Waals surface area contributed by atoms with Gasteiger partial charge in [-0.05, 0) is 55.3 Å². The fraction of sp³-hybridized carbons (Fsp3) is 0.545. The number of unbranched alkanes of at least 4 members (excludes halogenated alkanes) is 5. The number of benzene rings is 2. The highest BCUT2D eigenvalue weighted by atomic mass is 79.9. The third-order valence-corrected chi connectivity index (χ3v) is 4.97. The molecule has 0 saturated carbocycles. The van der Waals surface area contributed by atoms with Gasteiger partial charge in [0.1, 0.15) is 5.75 Å². The van der Waals surface area contributed by atoms with E-state index in [4.69, 9.17) is 14.2 Å². The van der Waals surface area contributed by atoms with E-state index in [9.17, 15) is 0 Å². The fourth-order valence-corrected chi connectivity index (χ4v) is 3.34. The topological polar surface area (TPSA) is 27.7 Å². The van der Waals surface area contributed by atoms with Crippen LogP contribution in [-0.2, 0) is 0 Å². The molecule has 0 aromatic heterocycles. The lowest BCUT2D eigenvalue weighted by molar-refractivity contribution is 0.287. The Labute approximate surface area is 166 Å². The molecule has 0 bridgehead atoms. The molecule has 0 spiro atoms. The summed E-state index contributed by atoms with van der Waals surface area (Å²) in [5, 5.41) is 3.22. The number of fused-ring (bicyclic) bond motifs is 1. The normalized spacial score (nSPS) is 10.9. The maximum atomic E-state index is 5.94. The summed E-state index contributed by atoms with van der Waals surface area (Å²) in [4.78, 5) is 0. The van der Waals surface area contributed by atoms with E-state index in [-0.39, 0.29) is 0 Å². The second kappa shape index (κ2) is 12.1. The van der Waals surface area contributed by atoms with E-state index in [1.165, 1.54) is 32.1 Å². The molecule has 4 heteroatoms. The quantitative estimate of drug-likeness (QED) is 0.263. The Morgan fingerprint density at radius 2 is 1.62 bits per heavy atom. The van der Waals surface area contributed by atoms with Crippen molar-refractivity contribution in [1.82, 2.24) is 0 Å². The number of alkyl halides is 1. The first-order valence-electron chi connectivity index (χ1n) is 9.72. The highest BCUT2D eigenvalue weighted by molar-refractivity contribution is 9.09. The van der Waals surface area contributed by atoms with Crippen LogP contribution in [0, 0.1) is 0 Å². The Balaban J connectivity index is 2.00. The Kier molecular flexibility index (Phi) is 9.68. The Bertz CT molecular complexity index is 657. The minimum absolute atomic E-state index is 0.716. The molecule has 0 aliphatic carbocycles. The number of rotatable bonds is 13. The molecule has 2 rings (SSSR count). The highest BCUT2D eigenvalue weighted by Gasteiger charge is 2.10. The van der Waals surface area contributed by atoms with Crippen molar-refractivity contribution in [2.24, 2.45) is 0 Å². The Hall–Kier alpha value is -1.42. The second-order valence-corrected chi connectivity index (χ2v) is 7.28. The van der Waals surface area contributed by atoms with Crippen LogP contribution in [0.3, 0.4) is 0 Å².